The number of hydrazine groups is 1. The minimum absolute atomic E-state index is 0.0975. The molecule has 0 amide bonds. The van der Waals surface area contributed by atoms with Gasteiger partial charge < -0.3 is 14.4 Å². The number of aryl methyl sites for hydroxylation is 1. The van der Waals surface area contributed by atoms with Gasteiger partial charge in [0.15, 0.2) is 10.8 Å². The summed E-state index contributed by atoms with van der Waals surface area (Å²) in [5.74, 6) is -0.347. The fourth-order valence-electron chi connectivity index (χ4n) is 3.09. The van der Waals surface area contributed by atoms with Crippen molar-refractivity contribution in [3.63, 3.8) is 0 Å². The molecule has 1 atom stereocenters. The van der Waals surface area contributed by atoms with Gasteiger partial charge in [-0.3, -0.25) is 15.0 Å². The Labute approximate surface area is 160 Å². The lowest BCUT2D eigenvalue weighted by Crippen LogP contribution is -2.45. The fraction of sp³-hybridized carbons (Fsp3) is 0.389. The molecule has 9 heteroatoms. The van der Waals surface area contributed by atoms with Crippen molar-refractivity contribution in [3.8, 4) is 5.75 Å². The quantitative estimate of drug-likeness (QED) is 0.667. The van der Waals surface area contributed by atoms with E-state index in [1.54, 1.807) is 30.5 Å². The van der Waals surface area contributed by atoms with Gasteiger partial charge in [0.2, 0.25) is 0 Å². The van der Waals surface area contributed by atoms with E-state index in [0.717, 1.165) is 0 Å². The molecule has 0 aliphatic carbocycles. The topological polar surface area (TPSA) is 105 Å². The summed E-state index contributed by atoms with van der Waals surface area (Å²) in [6.07, 6.45) is 0. The number of hydrogen-bond acceptors (Lipinski definition) is 8. The number of hydrogen-bond donors (Lipinski definition) is 3. The summed E-state index contributed by atoms with van der Waals surface area (Å²) in [5, 5.41) is 11.8. The average Bonchev–Trinajstić information content (AvgIpc) is 3.02. The molecule has 0 fully saturated rings. The first kappa shape index (κ1) is 19.2. The van der Waals surface area contributed by atoms with E-state index in [1.165, 1.54) is 11.8 Å². The van der Waals surface area contributed by atoms with Crippen molar-refractivity contribution in [2.75, 3.05) is 12.4 Å². The van der Waals surface area contributed by atoms with Gasteiger partial charge in [-0.15, -0.1) is 0 Å². The van der Waals surface area contributed by atoms with Crippen molar-refractivity contribution in [2.24, 2.45) is 4.99 Å². The molecule has 1 aromatic heterocycles. The molecular weight excluding hydrogens is 368 g/mol. The lowest BCUT2D eigenvalue weighted by atomic mass is 10.00. The van der Waals surface area contributed by atoms with Crippen LogP contribution in [0.15, 0.2) is 34.1 Å². The highest BCUT2D eigenvalue weighted by Gasteiger charge is 2.38. The molecule has 27 heavy (non-hydrogen) atoms. The predicted molar refractivity (Wildman–Crippen MR) is 106 cm³/mol. The van der Waals surface area contributed by atoms with Gasteiger partial charge in [-0.2, -0.15) is 0 Å². The molecule has 0 unspecified atom stereocenters. The number of para-hydroxylation sites is 1. The van der Waals surface area contributed by atoms with Crippen LogP contribution in [-0.2, 0) is 21.7 Å². The lowest BCUT2D eigenvalue weighted by molar-refractivity contribution is -0.139. The van der Waals surface area contributed by atoms with E-state index < -0.39 is 5.66 Å². The van der Waals surface area contributed by atoms with Gasteiger partial charge in [0.1, 0.15) is 11.3 Å². The van der Waals surface area contributed by atoms with Crippen LogP contribution in [0.25, 0.3) is 10.9 Å². The normalized spacial score (nSPS) is 19.0. The van der Waals surface area contributed by atoms with Gasteiger partial charge in [0, 0.05) is 11.9 Å². The Morgan fingerprint density at radius 3 is 2.81 bits per heavy atom. The Hall–Kier alpha value is -2.52. The highest BCUT2D eigenvalue weighted by molar-refractivity contribution is 8.14. The number of aromatic nitrogens is 1. The monoisotopic (exact) mass is 390 g/mol. The largest absolute Gasteiger partial charge is 0.507 e. The minimum atomic E-state index is -1.17. The summed E-state index contributed by atoms with van der Waals surface area (Å²) in [6.45, 7) is 6.10. The van der Waals surface area contributed by atoms with Crippen LogP contribution in [-0.4, -0.2) is 33.2 Å². The number of nitrogens with one attached hydrogen (secondary N) is 2. The molecule has 1 aliphatic rings. The first-order valence-corrected chi connectivity index (χ1v) is 9.66. The Balaban J connectivity index is 2.02. The van der Waals surface area contributed by atoms with Gasteiger partial charge in [0.25, 0.3) is 5.56 Å². The molecule has 2 heterocycles. The van der Waals surface area contributed by atoms with Gasteiger partial charge in [-0.25, -0.2) is 10.4 Å². The van der Waals surface area contributed by atoms with Crippen molar-refractivity contribution < 1.29 is 14.6 Å². The van der Waals surface area contributed by atoms with Crippen LogP contribution in [0.5, 0.6) is 5.75 Å². The third-order valence-electron chi connectivity index (χ3n) is 4.32. The summed E-state index contributed by atoms with van der Waals surface area (Å²) in [6, 6.07) is 7.21. The molecular formula is C18H22N4O4S. The number of pyridine rings is 1. The maximum Gasteiger partial charge on any atom is 0.316 e. The highest BCUT2D eigenvalue weighted by atomic mass is 32.2. The van der Waals surface area contributed by atoms with Crippen LogP contribution < -0.4 is 16.4 Å². The van der Waals surface area contributed by atoms with Crippen molar-refractivity contribution in [1.29, 1.82) is 0 Å². The summed E-state index contributed by atoms with van der Waals surface area (Å²) in [5.41, 5.74) is 5.17. The Kier molecular flexibility index (Phi) is 5.43. The van der Waals surface area contributed by atoms with Crippen LogP contribution in [0, 0.1) is 0 Å². The maximum atomic E-state index is 13.1. The Morgan fingerprint density at radius 2 is 2.11 bits per heavy atom. The molecule has 0 radical (unpaired) electrons. The smallest absolute Gasteiger partial charge is 0.316 e. The zero-order valence-electron chi connectivity index (χ0n) is 15.4. The fourth-order valence-corrected chi connectivity index (χ4v) is 3.80. The number of fused-ring (bicyclic) bond motifs is 1. The molecule has 3 N–H and O–H groups in total. The van der Waals surface area contributed by atoms with Crippen LogP contribution in [0.2, 0.25) is 0 Å². The highest BCUT2D eigenvalue weighted by Crippen LogP contribution is 2.35. The molecule has 0 bridgehead atoms. The number of thioether (sulfide) groups is 1. The van der Waals surface area contributed by atoms with E-state index in [2.05, 4.69) is 15.8 Å². The summed E-state index contributed by atoms with van der Waals surface area (Å²) in [4.78, 5) is 29.1. The van der Waals surface area contributed by atoms with E-state index in [-0.39, 0.29) is 28.6 Å². The van der Waals surface area contributed by atoms with Gasteiger partial charge >= 0.3 is 5.97 Å². The van der Waals surface area contributed by atoms with Gasteiger partial charge in [0.05, 0.1) is 17.9 Å². The predicted octanol–water partition coefficient (Wildman–Crippen LogP) is 1.66. The van der Waals surface area contributed by atoms with E-state index in [0.29, 0.717) is 29.2 Å². The molecule has 144 valence electrons. The zero-order valence-corrected chi connectivity index (χ0v) is 16.2. The molecule has 3 rings (SSSR count). The number of carbonyl (C=O) groups is 1. The standard InChI is InChI=1S/C18H22N4O4S/c1-4-22-12-9-7-6-8-11(12)15(24)14(16(22)25)18(3)19-17(20-21-18)27-10-13(23)26-5-2/h6-9,21,24H,4-5,10H2,1-3H3,(H,19,20)/t18-/m0/s1. The minimum Gasteiger partial charge on any atom is -0.507 e. The van der Waals surface area contributed by atoms with Crippen LogP contribution in [0.3, 0.4) is 0 Å². The maximum absolute atomic E-state index is 13.1. The second-order valence-corrected chi connectivity index (χ2v) is 7.09. The average molecular weight is 390 g/mol. The van der Waals surface area contributed by atoms with Crippen LogP contribution in [0.1, 0.15) is 26.3 Å². The van der Waals surface area contributed by atoms with Gasteiger partial charge in [-0.1, -0.05) is 23.9 Å². The number of carbonyl (C=O) groups excluding carboxylic acids is 1. The molecule has 0 spiro atoms. The summed E-state index contributed by atoms with van der Waals surface area (Å²) >= 11 is 1.17. The zero-order chi connectivity index (χ0) is 19.6. The molecule has 0 saturated heterocycles. The number of aromatic hydroxyl groups is 1. The first-order valence-electron chi connectivity index (χ1n) is 8.67. The third-order valence-corrected chi connectivity index (χ3v) is 5.17. The van der Waals surface area contributed by atoms with Crippen molar-refractivity contribution in [3.05, 3.63) is 40.2 Å². The number of nitrogens with zero attached hydrogens (tertiary/aromatic N) is 2. The molecule has 1 aromatic carbocycles. The number of esters is 1. The van der Waals surface area contributed by atoms with E-state index >= 15 is 0 Å². The Morgan fingerprint density at radius 1 is 1.37 bits per heavy atom. The molecule has 8 nitrogen and oxygen atoms in total. The Bertz CT molecular complexity index is 972. The van der Waals surface area contributed by atoms with Crippen molar-refractivity contribution >= 4 is 33.8 Å². The number of benzene rings is 1. The SMILES string of the molecule is CCOC(=O)CSC1=N[C@](C)(c2c(O)c3ccccc3n(CC)c2=O)NN1. The second kappa shape index (κ2) is 7.61. The molecule has 2 aromatic rings. The van der Waals surface area contributed by atoms with Crippen molar-refractivity contribution in [1.82, 2.24) is 15.4 Å². The number of aliphatic imine (C=N–C) groups is 1. The molecule has 0 saturated carbocycles. The van der Waals surface area contributed by atoms with E-state index in [1.807, 2.05) is 19.1 Å². The van der Waals surface area contributed by atoms with Crippen LogP contribution >= 0.6 is 11.8 Å². The summed E-state index contributed by atoms with van der Waals surface area (Å²) in [7, 11) is 0. The summed E-state index contributed by atoms with van der Waals surface area (Å²) < 4.78 is 6.51. The lowest BCUT2D eigenvalue weighted by Gasteiger charge is -2.23. The van der Waals surface area contributed by atoms with Crippen LogP contribution in [0.4, 0.5) is 0 Å². The number of ether oxygens (including phenoxy) is 1. The number of amidine groups is 1. The van der Waals surface area contributed by atoms with E-state index in [4.69, 9.17) is 4.74 Å². The van der Waals surface area contributed by atoms with E-state index in [9.17, 15) is 14.7 Å². The molecule has 1 aliphatic heterocycles. The van der Waals surface area contributed by atoms with Gasteiger partial charge in [-0.05, 0) is 32.9 Å². The third kappa shape index (κ3) is 3.52. The second-order valence-electron chi connectivity index (χ2n) is 6.12. The van der Waals surface area contributed by atoms with Crippen molar-refractivity contribution in [2.45, 2.75) is 33.0 Å². The first-order chi connectivity index (χ1) is 12.9. The number of rotatable bonds is 5.